The lowest BCUT2D eigenvalue weighted by Gasteiger charge is -2.11. The number of alkyl halides is 3. The molecule has 0 atom stereocenters. The number of hydrogen-bond acceptors (Lipinski definition) is 3. The summed E-state index contributed by atoms with van der Waals surface area (Å²) in [5.74, 6) is 0. The standard InChI is InChI=1S/C11H6Cl2F3N3/c12-9-5-8(10(13)19-18-9)17-7-3-1-2-6(4-7)11(14,15)16/h1-5H,(H,17,18). The van der Waals surface area contributed by atoms with Crippen LogP contribution in [0.4, 0.5) is 24.5 Å². The van der Waals surface area contributed by atoms with Gasteiger partial charge in [-0.25, -0.2) is 0 Å². The highest BCUT2D eigenvalue weighted by Gasteiger charge is 2.30. The molecule has 2 aromatic rings. The van der Waals surface area contributed by atoms with E-state index in [1.165, 1.54) is 18.2 Å². The van der Waals surface area contributed by atoms with Crippen LogP contribution in [0.15, 0.2) is 30.3 Å². The van der Waals surface area contributed by atoms with Crippen LogP contribution in [0.5, 0.6) is 0 Å². The van der Waals surface area contributed by atoms with E-state index in [0.717, 1.165) is 12.1 Å². The summed E-state index contributed by atoms with van der Waals surface area (Å²) >= 11 is 11.4. The highest BCUT2D eigenvalue weighted by Crippen LogP contribution is 2.32. The van der Waals surface area contributed by atoms with Crippen molar-refractivity contribution in [2.75, 3.05) is 5.32 Å². The van der Waals surface area contributed by atoms with E-state index in [1.807, 2.05) is 0 Å². The summed E-state index contributed by atoms with van der Waals surface area (Å²) < 4.78 is 37.7. The molecule has 8 heteroatoms. The Morgan fingerprint density at radius 3 is 2.47 bits per heavy atom. The van der Waals surface area contributed by atoms with Crippen molar-refractivity contribution in [1.29, 1.82) is 0 Å². The Kier molecular flexibility index (Phi) is 3.82. The van der Waals surface area contributed by atoms with Crippen molar-refractivity contribution < 1.29 is 13.2 Å². The van der Waals surface area contributed by atoms with Crippen LogP contribution < -0.4 is 5.32 Å². The zero-order valence-electron chi connectivity index (χ0n) is 9.17. The quantitative estimate of drug-likeness (QED) is 0.884. The predicted molar refractivity (Wildman–Crippen MR) is 66.8 cm³/mol. The number of benzene rings is 1. The number of rotatable bonds is 2. The van der Waals surface area contributed by atoms with Gasteiger partial charge in [0.15, 0.2) is 10.3 Å². The molecule has 0 aliphatic heterocycles. The van der Waals surface area contributed by atoms with Crippen LogP contribution in [0.2, 0.25) is 10.3 Å². The topological polar surface area (TPSA) is 37.8 Å². The minimum Gasteiger partial charge on any atom is -0.353 e. The lowest BCUT2D eigenvalue weighted by atomic mass is 10.2. The molecule has 1 N–H and O–H groups in total. The molecule has 3 nitrogen and oxygen atoms in total. The van der Waals surface area contributed by atoms with Crippen molar-refractivity contribution in [3.8, 4) is 0 Å². The van der Waals surface area contributed by atoms with Crippen LogP contribution in [-0.4, -0.2) is 10.2 Å². The Hall–Kier alpha value is -1.53. The molecule has 0 aliphatic carbocycles. The third-order valence-electron chi connectivity index (χ3n) is 2.19. The first-order valence-corrected chi connectivity index (χ1v) is 5.75. The zero-order chi connectivity index (χ0) is 14.0. The summed E-state index contributed by atoms with van der Waals surface area (Å²) in [4.78, 5) is 0. The SMILES string of the molecule is FC(F)(F)c1cccc(Nc2cc(Cl)nnc2Cl)c1. The Labute approximate surface area is 116 Å². The van der Waals surface area contributed by atoms with Crippen LogP contribution in [0.3, 0.4) is 0 Å². The second-order valence-corrected chi connectivity index (χ2v) is 4.32. The van der Waals surface area contributed by atoms with E-state index in [1.54, 1.807) is 0 Å². The third-order valence-corrected chi connectivity index (χ3v) is 2.65. The fourth-order valence-corrected chi connectivity index (χ4v) is 1.66. The maximum atomic E-state index is 12.6. The second kappa shape index (κ2) is 5.22. The maximum Gasteiger partial charge on any atom is 0.416 e. The second-order valence-electron chi connectivity index (χ2n) is 3.58. The van der Waals surface area contributed by atoms with Gasteiger partial charge in [0.2, 0.25) is 0 Å². The first kappa shape index (κ1) is 13.9. The van der Waals surface area contributed by atoms with Crippen molar-refractivity contribution in [2.24, 2.45) is 0 Å². The molecule has 0 spiro atoms. The van der Waals surface area contributed by atoms with Crippen molar-refractivity contribution in [1.82, 2.24) is 10.2 Å². The van der Waals surface area contributed by atoms with E-state index in [2.05, 4.69) is 15.5 Å². The van der Waals surface area contributed by atoms with Crippen molar-refractivity contribution in [3.63, 3.8) is 0 Å². The summed E-state index contributed by atoms with van der Waals surface area (Å²) in [6, 6.07) is 6.07. The van der Waals surface area contributed by atoms with Gasteiger partial charge in [0.05, 0.1) is 11.3 Å². The van der Waals surface area contributed by atoms with E-state index < -0.39 is 11.7 Å². The minimum absolute atomic E-state index is 0.0156. The first-order valence-electron chi connectivity index (χ1n) is 4.99. The summed E-state index contributed by atoms with van der Waals surface area (Å²) in [7, 11) is 0. The molecule has 0 bridgehead atoms. The fraction of sp³-hybridized carbons (Fsp3) is 0.0909. The van der Waals surface area contributed by atoms with Gasteiger partial charge in [-0.3, -0.25) is 0 Å². The summed E-state index contributed by atoms with van der Waals surface area (Å²) in [6.45, 7) is 0. The van der Waals surface area contributed by atoms with E-state index in [0.29, 0.717) is 0 Å². The summed E-state index contributed by atoms with van der Waals surface area (Å²) in [6.07, 6.45) is -4.41. The molecule has 1 heterocycles. The van der Waals surface area contributed by atoms with Gasteiger partial charge in [-0.2, -0.15) is 13.2 Å². The monoisotopic (exact) mass is 307 g/mol. The molecule has 0 saturated heterocycles. The van der Waals surface area contributed by atoms with E-state index in [-0.39, 0.29) is 21.7 Å². The van der Waals surface area contributed by atoms with Crippen LogP contribution in [0.25, 0.3) is 0 Å². The van der Waals surface area contributed by atoms with Gasteiger partial charge < -0.3 is 5.32 Å². The first-order chi connectivity index (χ1) is 8.86. The van der Waals surface area contributed by atoms with Crippen molar-refractivity contribution >= 4 is 34.6 Å². The average Bonchev–Trinajstić information content (AvgIpc) is 2.33. The van der Waals surface area contributed by atoms with Gasteiger partial charge in [0.25, 0.3) is 0 Å². The van der Waals surface area contributed by atoms with Gasteiger partial charge >= 0.3 is 6.18 Å². The number of halogens is 5. The molecule has 100 valence electrons. The van der Waals surface area contributed by atoms with Crippen LogP contribution in [-0.2, 0) is 6.18 Å². The lowest BCUT2D eigenvalue weighted by molar-refractivity contribution is -0.137. The molecule has 0 unspecified atom stereocenters. The highest BCUT2D eigenvalue weighted by atomic mass is 35.5. The molecule has 1 aromatic heterocycles. The molecule has 19 heavy (non-hydrogen) atoms. The molecule has 0 aliphatic rings. The van der Waals surface area contributed by atoms with Crippen LogP contribution in [0.1, 0.15) is 5.56 Å². The Bertz CT molecular complexity index is 602. The van der Waals surface area contributed by atoms with Gasteiger partial charge in [0, 0.05) is 11.8 Å². The van der Waals surface area contributed by atoms with Gasteiger partial charge in [-0.05, 0) is 18.2 Å². The number of nitrogens with zero attached hydrogens (tertiary/aromatic N) is 2. The Balaban J connectivity index is 2.31. The molecule has 2 rings (SSSR count). The summed E-state index contributed by atoms with van der Waals surface area (Å²) in [5, 5.41) is 9.85. The number of nitrogens with one attached hydrogen (secondary N) is 1. The molecular weight excluding hydrogens is 302 g/mol. The smallest absolute Gasteiger partial charge is 0.353 e. The number of anilines is 2. The molecule has 0 saturated carbocycles. The molecule has 0 radical (unpaired) electrons. The van der Waals surface area contributed by atoms with Gasteiger partial charge in [-0.1, -0.05) is 29.3 Å². The predicted octanol–water partition coefficient (Wildman–Crippen LogP) is 4.55. The minimum atomic E-state index is -4.41. The zero-order valence-corrected chi connectivity index (χ0v) is 10.7. The highest BCUT2D eigenvalue weighted by molar-refractivity contribution is 6.33. The third kappa shape index (κ3) is 3.48. The van der Waals surface area contributed by atoms with Crippen molar-refractivity contribution in [2.45, 2.75) is 6.18 Å². The summed E-state index contributed by atoms with van der Waals surface area (Å²) in [5.41, 5.74) is -0.261. The van der Waals surface area contributed by atoms with Crippen LogP contribution in [0, 0.1) is 0 Å². The molecule has 0 amide bonds. The van der Waals surface area contributed by atoms with Gasteiger partial charge in [0.1, 0.15) is 0 Å². The van der Waals surface area contributed by atoms with Gasteiger partial charge in [-0.15, -0.1) is 10.2 Å². The molecule has 0 fully saturated rings. The van der Waals surface area contributed by atoms with E-state index >= 15 is 0 Å². The molecule has 1 aromatic carbocycles. The Morgan fingerprint density at radius 1 is 1.05 bits per heavy atom. The molecular formula is C11H6Cl2F3N3. The van der Waals surface area contributed by atoms with E-state index in [4.69, 9.17) is 23.2 Å². The number of hydrogen-bond donors (Lipinski definition) is 1. The van der Waals surface area contributed by atoms with Crippen molar-refractivity contribution in [3.05, 3.63) is 46.2 Å². The van der Waals surface area contributed by atoms with E-state index in [9.17, 15) is 13.2 Å². The van der Waals surface area contributed by atoms with Crippen LogP contribution >= 0.6 is 23.2 Å². The largest absolute Gasteiger partial charge is 0.416 e. The normalized spacial score (nSPS) is 11.4. The number of aromatic nitrogens is 2. The average molecular weight is 308 g/mol. The lowest BCUT2D eigenvalue weighted by Crippen LogP contribution is -2.05. The maximum absolute atomic E-state index is 12.6. The Morgan fingerprint density at radius 2 is 1.79 bits per heavy atom. The fourth-order valence-electron chi connectivity index (χ4n) is 1.37.